The van der Waals surface area contributed by atoms with Crippen LogP contribution in [-0.4, -0.2) is 55.5 Å². The normalized spacial score (nSPS) is 16.5. The van der Waals surface area contributed by atoms with Crippen LogP contribution in [0.4, 0.5) is 5.82 Å². The first kappa shape index (κ1) is 23.4. The zero-order chi connectivity index (χ0) is 22.9. The maximum absolute atomic E-state index is 11.7. The molecule has 2 aromatic rings. The molecule has 3 N–H and O–H groups in total. The van der Waals surface area contributed by atoms with Crippen LogP contribution < -0.4 is 20.7 Å². The molecule has 0 spiro atoms. The highest BCUT2D eigenvalue weighted by molar-refractivity contribution is 5.80. The van der Waals surface area contributed by atoms with E-state index in [2.05, 4.69) is 43.3 Å². The van der Waals surface area contributed by atoms with Gasteiger partial charge in [-0.2, -0.15) is 0 Å². The smallest absolute Gasteiger partial charge is 0.222 e. The fourth-order valence-electron chi connectivity index (χ4n) is 4.02. The van der Waals surface area contributed by atoms with Crippen molar-refractivity contribution in [2.24, 2.45) is 16.6 Å². The van der Waals surface area contributed by atoms with Crippen LogP contribution >= 0.6 is 0 Å². The molecule has 8 nitrogen and oxygen atoms in total. The Morgan fingerprint density at radius 3 is 2.81 bits per heavy atom. The molecule has 1 atom stereocenters. The zero-order valence-corrected chi connectivity index (χ0v) is 19.3. The number of amides is 1. The molecule has 0 saturated carbocycles. The summed E-state index contributed by atoms with van der Waals surface area (Å²) in [7, 11) is 3.79. The monoisotopic (exact) mass is 438 g/mol. The lowest BCUT2D eigenvalue weighted by atomic mass is 9.97. The summed E-state index contributed by atoms with van der Waals surface area (Å²) in [4.78, 5) is 25.0. The lowest BCUT2D eigenvalue weighted by molar-refractivity contribution is -0.122. The van der Waals surface area contributed by atoms with Crippen molar-refractivity contribution in [2.45, 2.75) is 32.9 Å². The highest BCUT2D eigenvalue weighted by Gasteiger charge is 2.26. The van der Waals surface area contributed by atoms with Gasteiger partial charge in [-0.05, 0) is 43.5 Å². The Morgan fingerprint density at radius 1 is 1.34 bits per heavy atom. The van der Waals surface area contributed by atoms with Crippen LogP contribution in [-0.2, 0) is 17.9 Å². The average molecular weight is 439 g/mol. The topological polar surface area (TPSA) is 96.1 Å². The molecular formula is C24H34N6O2. The molecule has 1 aromatic carbocycles. The van der Waals surface area contributed by atoms with Crippen LogP contribution in [0.25, 0.3) is 0 Å². The minimum atomic E-state index is -0.235. The van der Waals surface area contributed by atoms with Gasteiger partial charge in [0.25, 0.3) is 0 Å². The zero-order valence-electron chi connectivity index (χ0n) is 19.3. The number of hydrogen-bond donors (Lipinski definition) is 2. The number of nitrogens with zero attached hydrogens (tertiary/aromatic N) is 4. The van der Waals surface area contributed by atoms with Crippen LogP contribution in [0.2, 0.25) is 0 Å². The summed E-state index contributed by atoms with van der Waals surface area (Å²) >= 11 is 0. The number of carbonyl (C=O) groups is 1. The SMILES string of the molecule is CCOc1ccc(CN(C)C(=NC)NCc2cccnc2N2CCCC(C(N)=O)C2)cc1. The van der Waals surface area contributed by atoms with E-state index in [-0.39, 0.29) is 11.8 Å². The summed E-state index contributed by atoms with van der Waals surface area (Å²) in [5.41, 5.74) is 7.79. The molecule has 1 aliphatic heterocycles. The molecule has 32 heavy (non-hydrogen) atoms. The van der Waals surface area contributed by atoms with Crippen molar-refractivity contribution in [3.63, 3.8) is 0 Å². The minimum Gasteiger partial charge on any atom is -0.494 e. The fraction of sp³-hybridized carbons (Fsp3) is 0.458. The molecule has 1 aromatic heterocycles. The number of aromatic nitrogens is 1. The van der Waals surface area contributed by atoms with Crippen LogP contribution in [0.3, 0.4) is 0 Å². The number of anilines is 1. The number of aliphatic imine (C=N–C) groups is 1. The van der Waals surface area contributed by atoms with Gasteiger partial charge in [0.15, 0.2) is 5.96 Å². The van der Waals surface area contributed by atoms with Crippen molar-refractivity contribution in [1.82, 2.24) is 15.2 Å². The second-order valence-corrected chi connectivity index (χ2v) is 8.01. The maximum atomic E-state index is 11.7. The Hall–Kier alpha value is -3.29. The average Bonchev–Trinajstić information content (AvgIpc) is 2.81. The van der Waals surface area contributed by atoms with Crippen molar-refractivity contribution < 1.29 is 9.53 Å². The molecule has 1 saturated heterocycles. The summed E-state index contributed by atoms with van der Waals surface area (Å²) in [5, 5.41) is 3.44. The first-order valence-corrected chi connectivity index (χ1v) is 11.1. The first-order valence-electron chi connectivity index (χ1n) is 11.1. The molecule has 1 fully saturated rings. The Labute approximate surface area is 190 Å². The van der Waals surface area contributed by atoms with Crippen molar-refractivity contribution in [1.29, 1.82) is 0 Å². The van der Waals surface area contributed by atoms with Crippen molar-refractivity contribution in [3.8, 4) is 5.75 Å². The first-order chi connectivity index (χ1) is 15.5. The summed E-state index contributed by atoms with van der Waals surface area (Å²) in [6.45, 7) is 5.44. The summed E-state index contributed by atoms with van der Waals surface area (Å²) in [6.07, 6.45) is 3.57. The van der Waals surface area contributed by atoms with E-state index in [1.165, 1.54) is 5.56 Å². The number of carbonyl (C=O) groups excluding carboxylic acids is 1. The molecule has 0 radical (unpaired) electrons. The number of primary amides is 1. The van der Waals surface area contributed by atoms with Crippen LogP contribution in [0, 0.1) is 5.92 Å². The third-order valence-corrected chi connectivity index (χ3v) is 5.66. The van der Waals surface area contributed by atoms with Gasteiger partial charge in [-0.1, -0.05) is 18.2 Å². The van der Waals surface area contributed by atoms with Gasteiger partial charge in [0.1, 0.15) is 11.6 Å². The lowest BCUT2D eigenvalue weighted by Gasteiger charge is -2.33. The Kier molecular flexibility index (Phi) is 8.30. The number of hydrogen-bond acceptors (Lipinski definition) is 5. The Bertz CT molecular complexity index is 915. The van der Waals surface area contributed by atoms with E-state index in [9.17, 15) is 4.79 Å². The number of pyridine rings is 1. The van der Waals surface area contributed by atoms with Crippen molar-refractivity contribution >= 4 is 17.7 Å². The van der Waals surface area contributed by atoms with Gasteiger partial charge in [-0.25, -0.2) is 4.98 Å². The minimum absolute atomic E-state index is 0.125. The molecule has 0 bridgehead atoms. The summed E-state index contributed by atoms with van der Waals surface area (Å²) in [5.74, 6) is 2.21. The number of ether oxygens (including phenoxy) is 1. The van der Waals surface area contributed by atoms with E-state index in [4.69, 9.17) is 10.5 Å². The van der Waals surface area contributed by atoms with Gasteiger partial charge >= 0.3 is 0 Å². The predicted molar refractivity (Wildman–Crippen MR) is 128 cm³/mol. The number of benzene rings is 1. The second kappa shape index (κ2) is 11.4. The van der Waals surface area contributed by atoms with Crippen molar-refractivity contribution in [2.75, 3.05) is 38.7 Å². The molecule has 2 heterocycles. The molecule has 1 amide bonds. The Morgan fingerprint density at radius 2 is 2.12 bits per heavy atom. The van der Waals surface area contributed by atoms with Crippen LogP contribution in [0.15, 0.2) is 47.6 Å². The highest BCUT2D eigenvalue weighted by atomic mass is 16.5. The Balaban J connectivity index is 1.63. The van der Waals surface area contributed by atoms with E-state index in [0.717, 1.165) is 49.0 Å². The molecule has 8 heteroatoms. The molecule has 1 aliphatic rings. The maximum Gasteiger partial charge on any atom is 0.222 e. The van der Waals surface area contributed by atoms with Gasteiger partial charge < -0.3 is 25.6 Å². The number of piperidine rings is 1. The number of guanidine groups is 1. The standard InChI is InChI=1S/C24H34N6O2/c1-4-32-21-11-9-18(10-12-21)16-29(3)24(26-2)28-15-19-7-5-13-27-23(19)30-14-6-8-20(17-30)22(25)31/h5,7,9-13,20H,4,6,8,14-17H2,1-3H3,(H2,25,31)(H,26,28). The van der Waals surface area contributed by atoms with E-state index in [1.54, 1.807) is 13.2 Å². The van der Waals surface area contributed by atoms with Gasteiger partial charge in [-0.3, -0.25) is 9.79 Å². The molecule has 3 rings (SSSR count). The molecule has 0 aliphatic carbocycles. The van der Waals surface area contributed by atoms with E-state index >= 15 is 0 Å². The molecular weight excluding hydrogens is 404 g/mol. The summed E-state index contributed by atoms with van der Waals surface area (Å²) < 4.78 is 5.52. The number of rotatable bonds is 8. The highest BCUT2D eigenvalue weighted by Crippen LogP contribution is 2.24. The van der Waals surface area contributed by atoms with Crippen LogP contribution in [0.1, 0.15) is 30.9 Å². The quantitative estimate of drug-likeness (QED) is 0.485. The molecule has 172 valence electrons. The largest absolute Gasteiger partial charge is 0.494 e. The van der Waals surface area contributed by atoms with Gasteiger partial charge in [-0.15, -0.1) is 0 Å². The number of nitrogens with two attached hydrogens (primary N) is 1. The fourth-order valence-corrected chi connectivity index (χ4v) is 4.02. The second-order valence-electron chi connectivity index (χ2n) is 8.01. The van der Waals surface area contributed by atoms with E-state index in [0.29, 0.717) is 19.7 Å². The van der Waals surface area contributed by atoms with Gasteiger partial charge in [0.2, 0.25) is 5.91 Å². The van der Waals surface area contributed by atoms with Gasteiger partial charge in [0, 0.05) is 52.0 Å². The van der Waals surface area contributed by atoms with Gasteiger partial charge in [0.05, 0.1) is 12.5 Å². The predicted octanol–water partition coefficient (Wildman–Crippen LogP) is 2.39. The van der Waals surface area contributed by atoms with Crippen molar-refractivity contribution in [3.05, 3.63) is 53.7 Å². The third-order valence-electron chi connectivity index (χ3n) is 5.66. The van der Waals surface area contributed by atoms with E-state index < -0.39 is 0 Å². The number of nitrogens with one attached hydrogen (secondary N) is 1. The lowest BCUT2D eigenvalue weighted by Crippen LogP contribution is -2.42. The molecule has 1 unspecified atom stereocenters. The third kappa shape index (κ3) is 6.12. The summed E-state index contributed by atoms with van der Waals surface area (Å²) in [6, 6.07) is 12.1. The van der Waals surface area contributed by atoms with Crippen LogP contribution in [0.5, 0.6) is 5.75 Å². The van der Waals surface area contributed by atoms with E-state index in [1.807, 2.05) is 32.2 Å².